The number of ether oxygens (including phenoxy) is 1. The molecule has 6 nitrogen and oxygen atoms in total. The first kappa shape index (κ1) is 13.5. The lowest BCUT2D eigenvalue weighted by Gasteiger charge is -2.32. The predicted octanol–water partition coefficient (Wildman–Crippen LogP) is 1.89. The van der Waals surface area contributed by atoms with Crippen LogP contribution in [0.4, 0.5) is 4.39 Å². The fraction of sp³-hybridized carbons (Fsp3) is 0.357. The molecule has 0 aromatic carbocycles. The number of likely N-dealkylation sites (tertiary alicyclic amines) is 1. The third-order valence-electron chi connectivity index (χ3n) is 3.30. The van der Waals surface area contributed by atoms with Crippen LogP contribution in [0.1, 0.15) is 23.2 Å². The zero-order chi connectivity index (χ0) is 14.7. The molecule has 0 bridgehead atoms. The molecule has 0 unspecified atom stereocenters. The zero-order valence-electron chi connectivity index (χ0n) is 11.2. The molecule has 1 saturated heterocycles. The van der Waals surface area contributed by atoms with Gasteiger partial charge in [-0.2, -0.15) is 0 Å². The fourth-order valence-electron chi connectivity index (χ4n) is 2.30. The van der Waals surface area contributed by atoms with Gasteiger partial charge in [0.1, 0.15) is 12.4 Å². The maximum atomic E-state index is 12.7. The van der Waals surface area contributed by atoms with Gasteiger partial charge in [-0.25, -0.2) is 14.4 Å². The minimum absolute atomic E-state index is 0.0860. The molecule has 1 fully saturated rings. The second-order valence-electron chi connectivity index (χ2n) is 4.83. The average molecular weight is 291 g/mol. The van der Waals surface area contributed by atoms with Crippen molar-refractivity contribution in [3.8, 4) is 6.01 Å². The predicted molar refractivity (Wildman–Crippen MR) is 70.3 cm³/mol. The molecular formula is C14H14FN3O3. The highest BCUT2D eigenvalue weighted by Gasteiger charge is 2.26. The number of carbonyl (C=O) groups is 1. The van der Waals surface area contributed by atoms with E-state index in [1.807, 2.05) is 0 Å². The number of aromatic nitrogens is 2. The number of piperidine rings is 1. The summed E-state index contributed by atoms with van der Waals surface area (Å²) < 4.78 is 23.3. The minimum atomic E-state index is -0.511. The van der Waals surface area contributed by atoms with Crippen LogP contribution in [0.3, 0.4) is 0 Å². The summed E-state index contributed by atoms with van der Waals surface area (Å²) in [4.78, 5) is 21.5. The topological polar surface area (TPSA) is 68.5 Å². The lowest BCUT2D eigenvalue weighted by molar-refractivity contribution is 0.0514. The minimum Gasteiger partial charge on any atom is -0.472 e. The van der Waals surface area contributed by atoms with Crippen LogP contribution in [0.5, 0.6) is 6.01 Å². The van der Waals surface area contributed by atoms with Crippen molar-refractivity contribution in [3.63, 3.8) is 0 Å². The van der Waals surface area contributed by atoms with E-state index in [0.717, 1.165) is 25.2 Å². The van der Waals surface area contributed by atoms with Crippen molar-refractivity contribution in [2.75, 3.05) is 13.1 Å². The van der Waals surface area contributed by atoms with Gasteiger partial charge in [0.25, 0.3) is 5.91 Å². The highest BCUT2D eigenvalue weighted by molar-refractivity contribution is 5.93. The van der Waals surface area contributed by atoms with Crippen LogP contribution in [0, 0.1) is 5.82 Å². The lowest BCUT2D eigenvalue weighted by Crippen LogP contribution is -2.44. The number of rotatable bonds is 3. The second-order valence-corrected chi connectivity index (χ2v) is 4.83. The Balaban J connectivity index is 1.63. The number of halogens is 1. The molecule has 2 aromatic rings. The molecule has 3 rings (SSSR count). The van der Waals surface area contributed by atoms with E-state index >= 15 is 0 Å². The second kappa shape index (κ2) is 5.90. The molecule has 7 heteroatoms. The summed E-state index contributed by atoms with van der Waals surface area (Å²) >= 11 is 0. The van der Waals surface area contributed by atoms with Crippen molar-refractivity contribution in [1.29, 1.82) is 0 Å². The summed E-state index contributed by atoms with van der Waals surface area (Å²) in [6, 6.07) is 1.76. The molecule has 0 N–H and O–H groups in total. The molecule has 0 spiro atoms. The summed E-state index contributed by atoms with van der Waals surface area (Å²) in [6.07, 6.45) is 6.44. The van der Waals surface area contributed by atoms with Crippen LogP contribution in [-0.4, -0.2) is 40.0 Å². The molecule has 1 atom stereocenters. The van der Waals surface area contributed by atoms with Crippen LogP contribution in [-0.2, 0) is 0 Å². The van der Waals surface area contributed by atoms with Gasteiger partial charge in [-0.3, -0.25) is 4.79 Å². The van der Waals surface area contributed by atoms with Gasteiger partial charge in [0, 0.05) is 6.54 Å². The maximum absolute atomic E-state index is 12.7. The van der Waals surface area contributed by atoms with Gasteiger partial charge in [0.2, 0.25) is 0 Å². The summed E-state index contributed by atoms with van der Waals surface area (Å²) in [7, 11) is 0. The fourth-order valence-corrected chi connectivity index (χ4v) is 2.30. The lowest BCUT2D eigenvalue weighted by atomic mass is 10.1. The number of nitrogens with zero attached hydrogens (tertiary/aromatic N) is 3. The number of amides is 1. The SMILES string of the molecule is O=C(c1ccoc1)N1CCC[C@@H](Oc2ncc(F)cn2)C1. The van der Waals surface area contributed by atoms with Crippen molar-refractivity contribution >= 4 is 5.91 Å². The Kier molecular flexibility index (Phi) is 3.81. The van der Waals surface area contributed by atoms with E-state index in [-0.39, 0.29) is 18.0 Å². The Morgan fingerprint density at radius 1 is 1.43 bits per heavy atom. The number of hydrogen-bond acceptors (Lipinski definition) is 5. The van der Waals surface area contributed by atoms with Gasteiger partial charge in [-0.1, -0.05) is 0 Å². The summed E-state index contributed by atoms with van der Waals surface area (Å²) in [6.45, 7) is 1.12. The molecule has 0 radical (unpaired) electrons. The molecule has 1 amide bonds. The average Bonchev–Trinajstić information content (AvgIpc) is 3.03. The smallest absolute Gasteiger partial charge is 0.316 e. The quantitative estimate of drug-likeness (QED) is 0.863. The molecule has 1 aliphatic rings. The zero-order valence-corrected chi connectivity index (χ0v) is 11.2. The summed E-state index contributed by atoms with van der Waals surface area (Å²) in [5.74, 6) is -0.597. The van der Waals surface area contributed by atoms with Gasteiger partial charge in [0.05, 0.1) is 30.8 Å². The monoisotopic (exact) mass is 291 g/mol. The van der Waals surface area contributed by atoms with Crippen molar-refractivity contribution in [2.24, 2.45) is 0 Å². The maximum Gasteiger partial charge on any atom is 0.316 e. The molecule has 1 aliphatic heterocycles. The van der Waals surface area contributed by atoms with Crippen molar-refractivity contribution in [2.45, 2.75) is 18.9 Å². The van der Waals surface area contributed by atoms with Gasteiger partial charge >= 0.3 is 6.01 Å². The van der Waals surface area contributed by atoms with Crippen LogP contribution >= 0.6 is 0 Å². The van der Waals surface area contributed by atoms with Crippen LogP contribution in [0.25, 0.3) is 0 Å². The number of hydrogen-bond donors (Lipinski definition) is 0. The van der Waals surface area contributed by atoms with E-state index in [9.17, 15) is 9.18 Å². The Morgan fingerprint density at radius 2 is 2.24 bits per heavy atom. The van der Waals surface area contributed by atoms with E-state index in [0.29, 0.717) is 18.7 Å². The van der Waals surface area contributed by atoms with Crippen LogP contribution < -0.4 is 4.74 Å². The Morgan fingerprint density at radius 3 is 2.95 bits per heavy atom. The number of furan rings is 1. The molecule has 2 aromatic heterocycles. The van der Waals surface area contributed by atoms with Crippen LogP contribution in [0.15, 0.2) is 35.4 Å². The van der Waals surface area contributed by atoms with E-state index in [4.69, 9.17) is 9.15 Å². The van der Waals surface area contributed by atoms with Crippen molar-refractivity contribution < 1.29 is 18.3 Å². The standard InChI is InChI=1S/C14H14FN3O3/c15-11-6-16-14(17-7-11)21-12-2-1-4-18(8-12)13(19)10-3-5-20-9-10/h3,5-7,9,12H,1-2,4,8H2/t12-/m1/s1. The Hall–Kier alpha value is -2.44. The van der Waals surface area contributed by atoms with Gasteiger partial charge in [-0.15, -0.1) is 0 Å². The number of carbonyl (C=O) groups excluding carboxylic acids is 1. The van der Waals surface area contributed by atoms with E-state index in [1.54, 1.807) is 11.0 Å². The third-order valence-corrected chi connectivity index (χ3v) is 3.30. The van der Waals surface area contributed by atoms with E-state index < -0.39 is 5.82 Å². The van der Waals surface area contributed by atoms with Crippen LogP contribution in [0.2, 0.25) is 0 Å². The van der Waals surface area contributed by atoms with Gasteiger partial charge in [-0.05, 0) is 18.9 Å². The Labute approximate surface area is 120 Å². The molecular weight excluding hydrogens is 277 g/mol. The molecule has 110 valence electrons. The van der Waals surface area contributed by atoms with E-state index in [2.05, 4.69) is 9.97 Å². The summed E-state index contributed by atoms with van der Waals surface area (Å²) in [5.41, 5.74) is 0.522. The third kappa shape index (κ3) is 3.18. The van der Waals surface area contributed by atoms with Gasteiger partial charge < -0.3 is 14.1 Å². The normalized spacial score (nSPS) is 18.5. The largest absolute Gasteiger partial charge is 0.472 e. The highest BCUT2D eigenvalue weighted by atomic mass is 19.1. The van der Waals surface area contributed by atoms with E-state index in [1.165, 1.54) is 12.5 Å². The highest BCUT2D eigenvalue weighted by Crippen LogP contribution is 2.17. The van der Waals surface area contributed by atoms with Crippen molar-refractivity contribution in [3.05, 3.63) is 42.4 Å². The Bertz CT molecular complexity index is 600. The molecule has 3 heterocycles. The summed E-state index contributed by atoms with van der Waals surface area (Å²) in [5, 5.41) is 0. The molecule has 0 aliphatic carbocycles. The first-order valence-electron chi connectivity index (χ1n) is 6.68. The first-order chi connectivity index (χ1) is 10.2. The first-order valence-corrected chi connectivity index (χ1v) is 6.68. The molecule has 21 heavy (non-hydrogen) atoms. The van der Waals surface area contributed by atoms with Crippen molar-refractivity contribution in [1.82, 2.24) is 14.9 Å². The molecule has 0 saturated carbocycles. The van der Waals surface area contributed by atoms with Gasteiger partial charge in [0.15, 0.2) is 5.82 Å².